The van der Waals surface area contributed by atoms with Crippen molar-refractivity contribution >= 4 is 17.7 Å². The lowest BCUT2D eigenvalue weighted by atomic mass is 10.2. The SMILES string of the molecule is CN=C(NCc1ccc(OC)cc1OC)NCC(C)Sc1ccccc1. The van der Waals surface area contributed by atoms with Crippen LogP contribution in [0.1, 0.15) is 12.5 Å². The molecule has 5 nitrogen and oxygen atoms in total. The van der Waals surface area contributed by atoms with E-state index in [-0.39, 0.29) is 0 Å². The third-order valence-electron chi connectivity index (χ3n) is 3.80. The van der Waals surface area contributed by atoms with Crippen LogP contribution in [-0.4, -0.2) is 39.0 Å². The Bertz CT molecular complexity index is 707. The molecule has 0 aliphatic heterocycles. The number of ether oxygens (including phenoxy) is 2. The minimum atomic E-state index is 0.423. The summed E-state index contributed by atoms with van der Waals surface area (Å²) < 4.78 is 10.7. The highest BCUT2D eigenvalue weighted by Crippen LogP contribution is 2.24. The van der Waals surface area contributed by atoms with E-state index in [9.17, 15) is 0 Å². The number of methoxy groups -OCH3 is 2. The summed E-state index contributed by atoms with van der Waals surface area (Å²) in [6.07, 6.45) is 0. The summed E-state index contributed by atoms with van der Waals surface area (Å²) >= 11 is 1.84. The van der Waals surface area contributed by atoms with Crippen LogP contribution in [0.2, 0.25) is 0 Å². The summed E-state index contributed by atoms with van der Waals surface area (Å²) in [5, 5.41) is 7.12. The lowest BCUT2D eigenvalue weighted by Gasteiger charge is -2.17. The quantitative estimate of drug-likeness (QED) is 0.421. The van der Waals surface area contributed by atoms with Gasteiger partial charge in [0.25, 0.3) is 0 Å². The molecule has 0 aliphatic carbocycles. The minimum absolute atomic E-state index is 0.423. The maximum absolute atomic E-state index is 5.43. The topological polar surface area (TPSA) is 54.9 Å². The first-order chi connectivity index (χ1) is 12.7. The summed E-state index contributed by atoms with van der Waals surface area (Å²) in [7, 11) is 5.08. The fourth-order valence-corrected chi connectivity index (χ4v) is 3.36. The monoisotopic (exact) mass is 373 g/mol. The molecule has 140 valence electrons. The highest BCUT2D eigenvalue weighted by Gasteiger charge is 2.08. The molecule has 0 radical (unpaired) electrons. The number of benzene rings is 2. The molecular weight excluding hydrogens is 346 g/mol. The van der Waals surface area contributed by atoms with E-state index in [1.54, 1.807) is 21.3 Å². The molecule has 0 amide bonds. The standard InChI is InChI=1S/C20H27N3O2S/c1-15(26-18-8-6-5-7-9-18)13-22-20(21-2)23-14-16-10-11-17(24-3)12-19(16)25-4/h5-12,15H,13-14H2,1-4H3,(H2,21,22,23). The van der Waals surface area contributed by atoms with E-state index in [1.807, 2.05) is 36.0 Å². The fraction of sp³-hybridized carbons (Fsp3) is 0.350. The van der Waals surface area contributed by atoms with Crippen molar-refractivity contribution in [1.29, 1.82) is 0 Å². The molecule has 0 aromatic heterocycles. The zero-order valence-corrected chi connectivity index (χ0v) is 16.6. The highest BCUT2D eigenvalue weighted by molar-refractivity contribution is 8.00. The van der Waals surface area contributed by atoms with E-state index < -0.39 is 0 Å². The molecule has 1 atom stereocenters. The predicted octanol–water partition coefficient (Wildman–Crippen LogP) is 3.55. The molecule has 0 heterocycles. The Morgan fingerprint density at radius 1 is 1.08 bits per heavy atom. The van der Waals surface area contributed by atoms with Crippen LogP contribution < -0.4 is 20.1 Å². The Labute approximate surface area is 160 Å². The zero-order valence-electron chi connectivity index (χ0n) is 15.8. The predicted molar refractivity (Wildman–Crippen MR) is 110 cm³/mol. The van der Waals surface area contributed by atoms with Gasteiger partial charge < -0.3 is 20.1 Å². The minimum Gasteiger partial charge on any atom is -0.497 e. The maximum Gasteiger partial charge on any atom is 0.191 e. The van der Waals surface area contributed by atoms with Gasteiger partial charge in [0.15, 0.2) is 5.96 Å². The third-order valence-corrected chi connectivity index (χ3v) is 4.91. The van der Waals surface area contributed by atoms with E-state index in [0.717, 1.165) is 29.6 Å². The van der Waals surface area contributed by atoms with Crippen LogP contribution in [0.5, 0.6) is 11.5 Å². The highest BCUT2D eigenvalue weighted by atomic mass is 32.2. The van der Waals surface area contributed by atoms with Gasteiger partial charge in [0.2, 0.25) is 0 Å². The van der Waals surface area contributed by atoms with Gasteiger partial charge in [0.1, 0.15) is 11.5 Å². The maximum atomic E-state index is 5.43. The molecule has 0 spiro atoms. The fourth-order valence-electron chi connectivity index (χ4n) is 2.41. The van der Waals surface area contributed by atoms with Crippen molar-refractivity contribution in [3.63, 3.8) is 0 Å². The average molecular weight is 374 g/mol. The molecule has 1 unspecified atom stereocenters. The van der Waals surface area contributed by atoms with Crippen molar-refractivity contribution in [3.8, 4) is 11.5 Å². The summed E-state index contributed by atoms with van der Waals surface area (Å²) in [4.78, 5) is 5.56. The Morgan fingerprint density at radius 2 is 1.85 bits per heavy atom. The first-order valence-corrected chi connectivity index (χ1v) is 9.41. The first-order valence-electron chi connectivity index (χ1n) is 8.53. The van der Waals surface area contributed by atoms with E-state index in [1.165, 1.54) is 4.90 Å². The Balaban J connectivity index is 1.84. The van der Waals surface area contributed by atoms with E-state index in [0.29, 0.717) is 11.8 Å². The Kier molecular flexibility index (Phi) is 8.15. The number of hydrogen-bond acceptors (Lipinski definition) is 4. The van der Waals surface area contributed by atoms with Gasteiger partial charge in [-0.05, 0) is 24.3 Å². The van der Waals surface area contributed by atoms with Gasteiger partial charge in [-0.2, -0.15) is 0 Å². The number of nitrogens with one attached hydrogen (secondary N) is 2. The van der Waals surface area contributed by atoms with Crippen molar-refractivity contribution < 1.29 is 9.47 Å². The first kappa shape index (κ1) is 20.0. The van der Waals surface area contributed by atoms with Gasteiger partial charge in [-0.15, -0.1) is 11.8 Å². The van der Waals surface area contributed by atoms with Crippen LogP contribution in [-0.2, 0) is 6.54 Å². The molecular formula is C20H27N3O2S. The largest absolute Gasteiger partial charge is 0.497 e. The van der Waals surface area contributed by atoms with Crippen LogP contribution in [0, 0.1) is 0 Å². The zero-order chi connectivity index (χ0) is 18.8. The van der Waals surface area contributed by atoms with Gasteiger partial charge in [0.05, 0.1) is 14.2 Å². The molecule has 0 bridgehead atoms. The normalized spacial score (nSPS) is 12.4. The van der Waals surface area contributed by atoms with Gasteiger partial charge in [0, 0.05) is 41.9 Å². The molecule has 0 aliphatic rings. The number of thioether (sulfide) groups is 1. The van der Waals surface area contributed by atoms with Crippen molar-refractivity contribution in [2.75, 3.05) is 27.8 Å². The molecule has 26 heavy (non-hydrogen) atoms. The number of aliphatic imine (C=N–C) groups is 1. The number of hydrogen-bond donors (Lipinski definition) is 2. The second-order valence-electron chi connectivity index (χ2n) is 5.73. The van der Waals surface area contributed by atoms with E-state index >= 15 is 0 Å². The van der Waals surface area contributed by atoms with Gasteiger partial charge >= 0.3 is 0 Å². The van der Waals surface area contributed by atoms with Crippen molar-refractivity contribution in [2.45, 2.75) is 23.6 Å². The number of nitrogens with zero attached hydrogens (tertiary/aromatic N) is 1. The summed E-state index contributed by atoms with van der Waals surface area (Å²) in [5.74, 6) is 2.34. The van der Waals surface area contributed by atoms with Crippen molar-refractivity contribution in [3.05, 3.63) is 54.1 Å². The second kappa shape index (κ2) is 10.6. The Hall–Kier alpha value is -2.34. The van der Waals surface area contributed by atoms with Crippen LogP contribution >= 0.6 is 11.8 Å². The molecule has 2 aromatic rings. The van der Waals surface area contributed by atoms with E-state index in [2.05, 4.69) is 46.8 Å². The van der Waals surface area contributed by atoms with Crippen molar-refractivity contribution in [1.82, 2.24) is 10.6 Å². The number of guanidine groups is 1. The van der Waals surface area contributed by atoms with E-state index in [4.69, 9.17) is 9.47 Å². The van der Waals surface area contributed by atoms with Gasteiger partial charge in [-0.3, -0.25) is 4.99 Å². The summed E-state index contributed by atoms with van der Waals surface area (Å²) in [6, 6.07) is 16.2. The van der Waals surface area contributed by atoms with Crippen molar-refractivity contribution in [2.24, 2.45) is 4.99 Å². The van der Waals surface area contributed by atoms with Crippen LogP contribution in [0.3, 0.4) is 0 Å². The van der Waals surface area contributed by atoms with Crippen LogP contribution in [0.15, 0.2) is 58.4 Å². The summed E-state index contributed by atoms with van der Waals surface area (Å²) in [6.45, 7) is 3.64. The molecule has 0 saturated carbocycles. The van der Waals surface area contributed by atoms with Crippen LogP contribution in [0.4, 0.5) is 0 Å². The smallest absolute Gasteiger partial charge is 0.191 e. The molecule has 2 N–H and O–H groups in total. The van der Waals surface area contributed by atoms with Crippen LogP contribution in [0.25, 0.3) is 0 Å². The Morgan fingerprint density at radius 3 is 2.50 bits per heavy atom. The molecule has 0 saturated heterocycles. The number of rotatable bonds is 8. The molecule has 0 fully saturated rings. The third kappa shape index (κ3) is 6.19. The second-order valence-corrected chi connectivity index (χ2v) is 7.24. The molecule has 2 rings (SSSR count). The molecule has 6 heteroatoms. The molecule has 2 aromatic carbocycles. The average Bonchev–Trinajstić information content (AvgIpc) is 2.68. The lowest BCUT2D eigenvalue weighted by Crippen LogP contribution is -2.39. The lowest BCUT2D eigenvalue weighted by molar-refractivity contribution is 0.390. The summed E-state index contributed by atoms with van der Waals surface area (Å²) in [5.41, 5.74) is 1.04. The van der Waals surface area contributed by atoms with Gasteiger partial charge in [-0.25, -0.2) is 0 Å². The van der Waals surface area contributed by atoms with Gasteiger partial charge in [-0.1, -0.05) is 25.1 Å².